The van der Waals surface area contributed by atoms with Crippen molar-refractivity contribution < 1.29 is 19.4 Å². The molecule has 1 saturated carbocycles. The fourth-order valence-corrected chi connectivity index (χ4v) is 4.86. The van der Waals surface area contributed by atoms with Gasteiger partial charge in [0, 0.05) is 36.8 Å². The van der Waals surface area contributed by atoms with Gasteiger partial charge < -0.3 is 20.8 Å². The lowest BCUT2D eigenvalue weighted by atomic mass is 10.1. The third kappa shape index (κ3) is 4.75. The van der Waals surface area contributed by atoms with Crippen molar-refractivity contribution in [2.45, 2.75) is 50.4 Å². The number of aliphatic hydroxyl groups is 2. The van der Waals surface area contributed by atoms with Gasteiger partial charge in [-0.3, -0.25) is 9.36 Å². The standard InChI is InChI=1S/C27H28FN5O3/c28-22-12-18(5-6-19(22)14-29)26-31-25(27(36)32-11-1-2-20(30)15-32)23(13-24(34)35)33(26)21-9-7-17(8-10-21)16-3-4-16/h5-10,12,16,20,24,34-35H,1-4,11,13,15,30H2/t20-/m1/s1. The summed E-state index contributed by atoms with van der Waals surface area (Å²) in [5.74, 6) is -0.234. The zero-order valence-electron chi connectivity index (χ0n) is 19.8. The summed E-state index contributed by atoms with van der Waals surface area (Å²) in [5, 5.41) is 29.0. The van der Waals surface area contributed by atoms with Crippen molar-refractivity contribution in [3.05, 3.63) is 70.8 Å². The van der Waals surface area contributed by atoms with E-state index in [1.54, 1.807) is 15.5 Å². The minimum absolute atomic E-state index is 0.0724. The predicted octanol–water partition coefficient (Wildman–Crippen LogP) is 2.84. The van der Waals surface area contributed by atoms with E-state index in [4.69, 9.17) is 11.0 Å². The molecule has 1 aliphatic heterocycles. The molecule has 0 unspecified atom stereocenters. The van der Waals surface area contributed by atoms with E-state index < -0.39 is 12.1 Å². The third-order valence-electron chi connectivity index (χ3n) is 6.84. The Labute approximate surface area is 208 Å². The van der Waals surface area contributed by atoms with Crippen LogP contribution in [-0.4, -0.2) is 56.0 Å². The van der Waals surface area contributed by atoms with Gasteiger partial charge in [0.05, 0.1) is 11.3 Å². The van der Waals surface area contributed by atoms with Gasteiger partial charge in [0.2, 0.25) is 0 Å². The second-order valence-electron chi connectivity index (χ2n) is 9.58. The van der Waals surface area contributed by atoms with E-state index >= 15 is 0 Å². The molecule has 1 atom stereocenters. The van der Waals surface area contributed by atoms with Gasteiger partial charge in [0.25, 0.3) is 5.91 Å². The number of aromatic nitrogens is 2. The van der Waals surface area contributed by atoms with E-state index in [2.05, 4.69) is 4.98 Å². The Hall–Kier alpha value is -3.58. The molecule has 3 aromatic rings. The molecule has 186 valence electrons. The van der Waals surface area contributed by atoms with Crippen LogP contribution in [0, 0.1) is 17.1 Å². The molecule has 1 aliphatic carbocycles. The molecule has 4 N–H and O–H groups in total. The molecule has 1 amide bonds. The number of hydrogen-bond donors (Lipinski definition) is 3. The highest BCUT2D eigenvalue weighted by atomic mass is 19.1. The van der Waals surface area contributed by atoms with Crippen LogP contribution in [0.4, 0.5) is 4.39 Å². The van der Waals surface area contributed by atoms with Crippen LogP contribution in [0.2, 0.25) is 0 Å². The molecule has 2 heterocycles. The Morgan fingerprint density at radius 1 is 1.19 bits per heavy atom. The summed E-state index contributed by atoms with van der Waals surface area (Å²) in [7, 11) is 0. The largest absolute Gasteiger partial charge is 0.368 e. The van der Waals surface area contributed by atoms with E-state index in [1.165, 1.54) is 17.7 Å². The van der Waals surface area contributed by atoms with E-state index in [0.717, 1.165) is 25.7 Å². The molecule has 1 saturated heterocycles. The normalized spacial score (nSPS) is 17.9. The number of hydrogen-bond acceptors (Lipinski definition) is 6. The maximum atomic E-state index is 14.6. The number of piperidine rings is 1. The minimum Gasteiger partial charge on any atom is -0.368 e. The fraction of sp³-hybridized carbons (Fsp3) is 0.370. The Morgan fingerprint density at radius 2 is 1.94 bits per heavy atom. The van der Waals surface area contributed by atoms with Gasteiger partial charge in [0.1, 0.15) is 17.7 Å². The third-order valence-corrected chi connectivity index (χ3v) is 6.84. The van der Waals surface area contributed by atoms with Gasteiger partial charge >= 0.3 is 0 Å². The molecule has 1 aromatic heterocycles. The number of carbonyl (C=O) groups is 1. The van der Waals surface area contributed by atoms with Crippen molar-refractivity contribution in [3.63, 3.8) is 0 Å². The highest BCUT2D eigenvalue weighted by Gasteiger charge is 2.31. The molecular weight excluding hydrogens is 461 g/mol. The number of amides is 1. The number of likely N-dealkylation sites (tertiary alicyclic amines) is 1. The molecule has 9 heteroatoms. The second-order valence-corrected chi connectivity index (χ2v) is 9.58. The van der Waals surface area contributed by atoms with Crippen LogP contribution in [0.5, 0.6) is 0 Å². The average molecular weight is 490 g/mol. The maximum absolute atomic E-state index is 14.6. The number of nitrogens with zero attached hydrogens (tertiary/aromatic N) is 4. The summed E-state index contributed by atoms with van der Waals surface area (Å²) in [6.45, 7) is 0.904. The Morgan fingerprint density at radius 3 is 2.56 bits per heavy atom. The molecule has 8 nitrogen and oxygen atoms in total. The molecule has 0 bridgehead atoms. The predicted molar refractivity (Wildman–Crippen MR) is 131 cm³/mol. The highest BCUT2D eigenvalue weighted by Crippen LogP contribution is 2.40. The quantitative estimate of drug-likeness (QED) is 0.457. The summed E-state index contributed by atoms with van der Waals surface area (Å²) in [6.07, 6.45) is 1.91. The molecule has 36 heavy (non-hydrogen) atoms. The van der Waals surface area contributed by atoms with Crippen LogP contribution in [0.3, 0.4) is 0 Å². The number of imidazole rings is 1. The van der Waals surface area contributed by atoms with Gasteiger partial charge in [0.15, 0.2) is 12.0 Å². The van der Waals surface area contributed by atoms with Crippen molar-refractivity contribution >= 4 is 5.91 Å². The zero-order chi connectivity index (χ0) is 25.4. The molecule has 0 radical (unpaired) electrons. The SMILES string of the molecule is N#Cc1ccc(-c2nc(C(=O)N3CCC[C@@H](N)C3)c(CC(O)O)n2-c2ccc(C3CC3)cc2)cc1F. The Kier molecular flexibility index (Phi) is 6.58. The summed E-state index contributed by atoms with van der Waals surface area (Å²) in [6, 6.07) is 13.6. The van der Waals surface area contributed by atoms with Gasteiger partial charge in [-0.25, -0.2) is 9.37 Å². The number of aliphatic hydroxyl groups excluding tert-OH is 1. The van der Waals surface area contributed by atoms with Crippen LogP contribution in [0.15, 0.2) is 42.5 Å². The van der Waals surface area contributed by atoms with Crippen LogP contribution >= 0.6 is 0 Å². The van der Waals surface area contributed by atoms with Gasteiger partial charge in [-0.2, -0.15) is 5.26 Å². The first kappa shape index (κ1) is 24.1. The number of halogens is 1. The molecule has 5 rings (SSSR count). The van der Waals surface area contributed by atoms with Crippen molar-refractivity contribution in [1.29, 1.82) is 5.26 Å². The van der Waals surface area contributed by atoms with E-state index in [-0.39, 0.29) is 35.5 Å². The van der Waals surface area contributed by atoms with Crippen LogP contribution in [0.1, 0.15) is 58.9 Å². The summed E-state index contributed by atoms with van der Waals surface area (Å²) in [5.41, 5.74) is 8.62. The minimum atomic E-state index is -1.73. The summed E-state index contributed by atoms with van der Waals surface area (Å²) >= 11 is 0. The van der Waals surface area contributed by atoms with Crippen LogP contribution in [-0.2, 0) is 6.42 Å². The van der Waals surface area contributed by atoms with Crippen molar-refractivity contribution in [2.24, 2.45) is 5.73 Å². The monoisotopic (exact) mass is 489 g/mol. The lowest BCUT2D eigenvalue weighted by Crippen LogP contribution is -2.46. The first-order chi connectivity index (χ1) is 17.4. The van der Waals surface area contributed by atoms with E-state index in [0.29, 0.717) is 36.0 Å². The summed E-state index contributed by atoms with van der Waals surface area (Å²) in [4.78, 5) is 19.9. The van der Waals surface area contributed by atoms with Crippen molar-refractivity contribution in [3.8, 4) is 23.1 Å². The first-order valence-electron chi connectivity index (χ1n) is 12.2. The van der Waals surface area contributed by atoms with Crippen LogP contribution in [0.25, 0.3) is 17.1 Å². The molecule has 2 aliphatic rings. The number of nitrogens with two attached hydrogens (primary N) is 1. The molecule has 2 aromatic carbocycles. The smallest absolute Gasteiger partial charge is 0.274 e. The van der Waals surface area contributed by atoms with Gasteiger partial charge in [-0.05, 0) is 67.5 Å². The molecular formula is C27H28FN5O3. The average Bonchev–Trinajstić information content (AvgIpc) is 3.65. The van der Waals surface area contributed by atoms with E-state index in [1.807, 2.05) is 30.3 Å². The van der Waals surface area contributed by atoms with E-state index in [9.17, 15) is 19.4 Å². The lowest BCUT2D eigenvalue weighted by molar-refractivity contribution is -0.0391. The summed E-state index contributed by atoms with van der Waals surface area (Å²) < 4.78 is 16.3. The number of nitriles is 1. The highest BCUT2D eigenvalue weighted by molar-refractivity contribution is 5.95. The molecule has 2 fully saturated rings. The van der Waals surface area contributed by atoms with Crippen LogP contribution < -0.4 is 5.73 Å². The number of rotatable bonds is 6. The van der Waals surface area contributed by atoms with Gasteiger partial charge in [-0.15, -0.1) is 0 Å². The zero-order valence-corrected chi connectivity index (χ0v) is 19.8. The second kappa shape index (κ2) is 9.82. The maximum Gasteiger partial charge on any atom is 0.274 e. The fourth-order valence-electron chi connectivity index (χ4n) is 4.86. The Balaban J connectivity index is 1.68. The number of benzene rings is 2. The number of carbonyl (C=O) groups excluding carboxylic acids is 1. The van der Waals surface area contributed by atoms with Gasteiger partial charge in [-0.1, -0.05) is 12.1 Å². The van der Waals surface area contributed by atoms with Crippen molar-refractivity contribution in [2.75, 3.05) is 13.1 Å². The Bertz CT molecular complexity index is 1320. The lowest BCUT2D eigenvalue weighted by Gasteiger charge is -2.30. The topological polar surface area (TPSA) is 128 Å². The van der Waals surface area contributed by atoms with Crippen molar-refractivity contribution in [1.82, 2.24) is 14.5 Å². The first-order valence-corrected chi connectivity index (χ1v) is 12.2. The molecule has 0 spiro atoms.